The molecule has 0 bridgehead atoms. The van der Waals surface area contributed by atoms with Crippen LogP contribution in [0.15, 0.2) is 28.7 Å². The summed E-state index contributed by atoms with van der Waals surface area (Å²) in [5.41, 5.74) is 8.61. The van der Waals surface area contributed by atoms with E-state index in [4.69, 9.17) is 14.9 Å². The van der Waals surface area contributed by atoms with Gasteiger partial charge in [-0.1, -0.05) is 25.1 Å². The van der Waals surface area contributed by atoms with Gasteiger partial charge in [-0.3, -0.25) is 0 Å². The number of aryl methyl sites for hydroxylation is 1. The third-order valence-electron chi connectivity index (χ3n) is 4.69. The van der Waals surface area contributed by atoms with E-state index in [1.807, 2.05) is 18.2 Å². The Morgan fingerprint density at radius 1 is 1.35 bits per heavy atom. The molecule has 0 saturated heterocycles. The van der Waals surface area contributed by atoms with Crippen LogP contribution >= 0.6 is 0 Å². The van der Waals surface area contributed by atoms with E-state index >= 15 is 0 Å². The van der Waals surface area contributed by atoms with Crippen LogP contribution in [0.4, 0.5) is 0 Å². The van der Waals surface area contributed by atoms with E-state index in [9.17, 15) is 0 Å². The van der Waals surface area contributed by atoms with Crippen molar-refractivity contribution in [1.29, 1.82) is 0 Å². The number of furan rings is 1. The lowest BCUT2D eigenvalue weighted by Crippen LogP contribution is -2.41. The fourth-order valence-electron chi connectivity index (χ4n) is 3.35. The Bertz CT molecular complexity index is 593. The van der Waals surface area contributed by atoms with Crippen molar-refractivity contribution in [2.75, 3.05) is 7.11 Å². The van der Waals surface area contributed by atoms with Crippen molar-refractivity contribution in [3.63, 3.8) is 0 Å². The Morgan fingerprint density at radius 2 is 2.10 bits per heavy atom. The Morgan fingerprint density at radius 3 is 2.70 bits per heavy atom. The van der Waals surface area contributed by atoms with Crippen molar-refractivity contribution in [2.45, 2.75) is 50.7 Å². The van der Waals surface area contributed by atoms with Gasteiger partial charge in [-0.05, 0) is 31.7 Å². The number of benzene rings is 1. The maximum Gasteiger partial charge on any atom is 0.134 e. The van der Waals surface area contributed by atoms with Crippen LogP contribution in [0.2, 0.25) is 0 Å². The third-order valence-corrected chi connectivity index (χ3v) is 4.69. The highest BCUT2D eigenvalue weighted by molar-refractivity contribution is 5.82. The van der Waals surface area contributed by atoms with E-state index in [1.165, 1.54) is 12.0 Å². The lowest BCUT2D eigenvalue weighted by atomic mass is 9.74. The van der Waals surface area contributed by atoms with Crippen molar-refractivity contribution >= 4 is 11.0 Å². The molecule has 1 saturated carbocycles. The van der Waals surface area contributed by atoms with Gasteiger partial charge in [0.15, 0.2) is 0 Å². The first-order chi connectivity index (χ1) is 9.69. The molecule has 2 N–H and O–H groups in total. The number of rotatable bonds is 5. The van der Waals surface area contributed by atoms with Crippen LogP contribution in [0.1, 0.15) is 50.0 Å². The minimum atomic E-state index is -0.0196. The first-order valence-corrected chi connectivity index (χ1v) is 7.50. The first-order valence-electron chi connectivity index (χ1n) is 7.50. The lowest BCUT2D eigenvalue weighted by Gasteiger charge is -2.42. The van der Waals surface area contributed by atoms with Crippen molar-refractivity contribution in [3.8, 4) is 0 Å². The molecule has 0 amide bonds. The lowest BCUT2D eigenvalue weighted by molar-refractivity contribution is -0.0816. The second-order valence-electron chi connectivity index (χ2n) is 5.84. The van der Waals surface area contributed by atoms with Crippen LogP contribution in [-0.4, -0.2) is 12.7 Å². The number of hydrogen-bond acceptors (Lipinski definition) is 3. The number of hydrogen-bond donors (Lipinski definition) is 1. The molecule has 1 aliphatic rings. The molecule has 1 fully saturated rings. The molecule has 1 aromatic carbocycles. The highest BCUT2D eigenvalue weighted by Crippen LogP contribution is 2.43. The molecule has 1 heterocycles. The summed E-state index contributed by atoms with van der Waals surface area (Å²) in [7, 11) is 1.81. The standard InChI is InChI=1S/C17H23NO2/c1-3-14-16(12-7-4-5-8-15(12)20-14)13(18)11-17(19-2)9-6-10-17/h4-5,7-8,13H,3,6,9-11,18H2,1-2H3. The Balaban J connectivity index is 1.95. The molecule has 3 rings (SSSR count). The quantitative estimate of drug-likeness (QED) is 0.897. The molecule has 1 unspecified atom stereocenters. The molecule has 3 heteroatoms. The van der Waals surface area contributed by atoms with Crippen LogP contribution in [0.5, 0.6) is 0 Å². The number of methoxy groups -OCH3 is 1. The van der Waals surface area contributed by atoms with Crippen molar-refractivity contribution in [1.82, 2.24) is 0 Å². The summed E-state index contributed by atoms with van der Waals surface area (Å²) >= 11 is 0. The van der Waals surface area contributed by atoms with E-state index in [0.29, 0.717) is 0 Å². The van der Waals surface area contributed by atoms with Gasteiger partial charge in [-0.2, -0.15) is 0 Å². The van der Waals surface area contributed by atoms with Gasteiger partial charge in [0.2, 0.25) is 0 Å². The molecular weight excluding hydrogens is 250 g/mol. The number of fused-ring (bicyclic) bond motifs is 1. The van der Waals surface area contributed by atoms with Crippen LogP contribution in [-0.2, 0) is 11.2 Å². The fraction of sp³-hybridized carbons (Fsp3) is 0.529. The molecule has 0 aliphatic heterocycles. The Labute approximate surface area is 120 Å². The summed E-state index contributed by atoms with van der Waals surface area (Å²) in [6.45, 7) is 2.11. The van der Waals surface area contributed by atoms with Crippen molar-refractivity contribution < 1.29 is 9.15 Å². The van der Waals surface area contributed by atoms with E-state index in [-0.39, 0.29) is 11.6 Å². The third kappa shape index (κ3) is 2.15. The Hall–Kier alpha value is -1.32. The second-order valence-corrected chi connectivity index (χ2v) is 5.84. The molecule has 1 aliphatic carbocycles. The van der Waals surface area contributed by atoms with Gasteiger partial charge in [0.25, 0.3) is 0 Å². The summed E-state index contributed by atoms with van der Waals surface area (Å²) in [4.78, 5) is 0. The van der Waals surface area contributed by atoms with Crippen LogP contribution in [0, 0.1) is 0 Å². The monoisotopic (exact) mass is 273 g/mol. The predicted octanol–water partition coefficient (Wildman–Crippen LogP) is 3.95. The summed E-state index contributed by atoms with van der Waals surface area (Å²) in [6.07, 6.45) is 5.23. The molecule has 1 atom stereocenters. The smallest absolute Gasteiger partial charge is 0.134 e. The van der Waals surface area contributed by atoms with Gasteiger partial charge in [-0.25, -0.2) is 0 Å². The highest BCUT2D eigenvalue weighted by atomic mass is 16.5. The van der Waals surface area contributed by atoms with E-state index in [1.54, 1.807) is 7.11 Å². The summed E-state index contributed by atoms with van der Waals surface area (Å²) in [5, 5.41) is 1.16. The van der Waals surface area contributed by atoms with Gasteiger partial charge < -0.3 is 14.9 Å². The number of ether oxygens (including phenoxy) is 1. The maximum absolute atomic E-state index is 6.51. The fourth-order valence-corrected chi connectivity index (χ4v) is 3.35. The zero-order valence-corrected chi connectivity index (χ0v) is 12.3. The summed E-state index contributed by atoms with van der Waals surface area (Å²) < 4.78 is 11.7. The average Bonchev–Trinajstić information content (AvgIpc) is 2.81. The molecule has 1 aromatic heterocycles. The minimum Gasteiger partial charge on any atom is -0.461 e. The average molecular weight is 273 g/mol. The number of para-hydroxylation sites is 1. The van der Waals surface area contributed by atoms with Crippen LogP contribution in [0.25, 0.3) is 11.0 Å². The van der Waals surface area contributed by atoms with Gasteiger partial charge in [0.1, 0.15) is 11.3 Å². The van der Waals surface area contributed by atoms with Gasteiger partial charge in [-0.15, -0.1) is 0 Å². The molecule has 20 heavy (non-hydrogen) atoms. The molecule has 3 nitrogen and oxygen atoms in total. The summed E-state index contributed by atoms with van der Waals surface area (Å²) in [6, 6.07) is 8.15. The van der Waals surface area contributed by atoms with Gasteiger partial charge >= 0.3 is 0 Å². The largest absolute Gasteiger partial charge is 0.461 e. The van der Waals surface area contributed by atoms with Crippen LogP contribution < -0.4 is 5.73 Å². The SMILES string of the molecule is CCc1oc2ccccc2c1C(N)CC1(OC)CCC1. The van der Waals surface area contributed by atoms with Crippen molar-refractivity contribution in [3.05, 3.63) is 35.6 Å². The van der Waals surface area contributed by atoms with Gasteiger partial charge in [0.05, 0.1) is 5.60 Å². The van der Waals surface area contributed by atoms with Crippen molar-refractivity contribution in [2.24, 2.45) is 5.73 Å². The molecule has 2 aromatic rings. The van der Waals surface area contributed by atoms with E-state index in [2.05, 4.69) is 13.0 Å². The minimum absolute atomic E-state index is 0.0111. The van der Waals surface area contributed by atoms with E-state index in [0.717, 1.165) is 42.4 Å². The zero-order valence-electron chi connectivity index (χ0n) is 12.3. The summed E-state index contributed by atoms with van der Waals surface area (Å²) in [5.74, 6) is 1.02. The topological polar surface area (TPSA) is 48.4 Å². The molecule has 0 radical (unpaired) electrons. The molecule has 0 spiro atoms. The highest BCUT2D eigenvalue weighted by Gasteiger charge is 2.39. The van der Waals surface area contributed by atoms with Crippen LogP contribution in [0.3, 0.4) is 0 Å². The van der Waals surface area contributed by atoms with Gasteiger partial charge in [0, 0.05) is 30.5 Å². The van der Waals surface area contributed by atoms with E-state index < -0.39 is 0 Å². The second kappa shape index (κ2) is 5.23. The number of nitrogens with two attached hydrogens (primary N) is 1. The predicted molar refractivity (Wildman–Crippen MR) is 80.7 cm³/mol. The first kappa shape index (κ1) is 13.7. The zero-order chi connectivity index (χ0) is 14.2. The maximum atomic E-state index is 6.51. The Kier molecular flexibility index (Phi) is 3.57. The molecular formula is C17H23NO2. The normalized spacial score (nSPS) is 18.9. The molecule has 108 valence electrons.